The van der Waals surface area contributed by atoms with Crippen LogP contribution in [0.4, 0.5) is 5.69 Å². The maximum Gasteiger partial charge on any atom is 0.241 e. The summed E-state index contributed by atoms with van der Waals surface area (Å²) in [6.45, 7) is 7.55. The first kappa shape index (κ1) is 21.0. The summed E-state index contributed by atoms with van der Waals surface area (Å²) in [6.07, 6.45) is 1.84. The van der Waals surface area contributed by atoms with E-state index in [4.69, 9.17) is 0 Å². The number of hydrogen-bond acceptors (Lipinski definition) is 3. The third-order valence-corrected chi connectivity index (χ3v) is 5.66. The summed E-state index contributed by atoms with van der Waals surface area (Å²) in [5, 5.41) is 2.96. The third kappa shape index (κ3) is 5.57. The maximum atomic E-state index is 12.6. The highest BCUT2D eigenvalue weighted by molar-refractivity contribution is 7.92. The maximum absolute atomic E-state index is 12.6. The van der Waals surface area contributed by atoms with E-state index in [0.29, 0.717) is 5.69 Å². The number of carbonyl (C=O) groups excluding carboxylic acids is 1. The van der Waals surface area contributed by atoms with Gasteiger partial charge in [-0.1, -0.05) is 54.4 Å². The molecule has 0 bridgehead atoms. The van der Waals surface area contributed by atoms with Gasteiger partial charge < -0.3 is 5.32 Å². The van der Waals surface area contributed by atoms with E-state index in [-0.39, 0.29) is 18.5 Å². The number of rotatable bonds is 7. The van der Waals surface area contributed by atoms with Crippen molar-refractivity contribution in [3.63, 3.8) is 0 Å². The lowest BCUT2D eigenvalue weighted by molar-refractivity contribution is -0.120. The number of amides is 1. The molecule has 146 valence electrons. The van der Waals surface area contributed by atoms with Crippen LogP contribution in [0.2, 0.25) is 0 Å². The number of nitrogens with one attached hydrogen (secondary N) is 1. The minimum Gasteiger partial charge on any atom is -0.348 e. The van der Waals surface area contributed by atoms with E-state index in [1.54, 1.807) is 6.07 Å². The molecular weight excluding hydrogens is 360 g/mol. The van der Waals surface area contributed by atoms with Crippen LogP contribution in [-0.4, -0.2) is 27.1 Å². The second-order valence-corrected chi connectivity index (χ2v) is 8.91. The molecule has 0 spiro atoms. The van der Waals surface area contributed by atoms with Gasteiger partial charge in [-0.3, -0.25) is 9.10 Å². The SMILES string of the molecule is CCC(NC(=O)CN(c1ccc(C)cc1C)S(C)(=O)=O)c1ccc(C)cc1. The van der Waals surface area contributed by atoms with E-state index in [1.165, 1.54) is 4.31 Å². The number of aryl methyl sites for hydroxylation is 3. The monoisotopic (exact) mass is 388 g/mol. The number of sulfonamides is 1. The number of hydrogen-bond donors (Lipinski definition) is 1. The van der Waals surface area contributed by atoms with Gasteiger partial charge in [-0.25, -0.2) is 8.42 Å². The molecule has 1 unspecified atom stereocenters. The van der Waals surface area contributed by atoms with Crippen LogP contribution in [0, 0.1) is 20.8 Å². The Balaban J connectivity index is 2.22. The fourth-order valence-corrected chi connectivity index (χ4v) is 3.97. The molecule has 27 heavy (non-hydrogen) atoms. The lowest BCUT2D eigenvalue weighted by atomic mass is 10.0. The molecule has 0 saturated carbocycles. The molecule has 2 rings (SSSR count). The molecule has 0 saturated heterocycles. The van der Waals surface area contributed by atoms with Gasteiger partial charge in [-0.15, -0.1) is 0 Å². The molecule has 0 fully saturated rings. The van der Waals surface area contributed by atoms with E-state index in [1.807, 2.05) is 64.1 Å². The second-order valence-electron chi connectivity index (χ2n) is 7.00. The molecule has 1 atom stereocenters. The van der Waals surface area contributed by atoms with Crippen LogP contribution < -0.4 is 9.62 Å². The van der Waals surface area contributed by atoms with E-state index in [0.717, 1.165) is 34.9 Å². The van der Waals surface area contributed by atoms with Crippen LogP contribution in [0.1, 0.15) is 41.6 Å². The van der Waals surface area contributed by atoms with E-state index in [9.17, 15) is 13.2 Å². The normalized spacial score (nSPS) is 12.5. The summed E-state index contributed by atoms with van der Waals surface area (Å²) in [5.41, 5.74) is 4.55. The van der Waals surface area contributed by atoms with Gasteiger partial charge in [0.2, 0.25) is 15.9 Å². The van der Waals surface area contributed by atoms with Gasteiger partial charge >= 0.3 is 0 Å². The Morgan fingerprint density at radius 1 is 1.04 bits per heavy atom. The first-order chi connectivity index (χ1) is 12.6. The molecular formula is C21H28N2O3S. The Kier molecular flexibility index (Phi) is 6.65. The van der Waals surface area contributed by atoms with Crippen molar-refractivity contribution in [2.24, 2.45) is 0 Å². The molecule has 1 N–H and O–H groups in total. The standard InChI is InChI=1S/C21H28N2O3S/c1-6-19(18-10-7-15(2)8-11-18)22-21(24)14-23(27(5,25)26)20-12-9-16(3)13-17(20)4/h7-13,19H,6,14H2,1-5H3,(H,22,24). The van der Waals surface area contributed by atoms with E-state index in [2.05, 4.69) is 5.32 Å². The molecule has 0 aliphatic rings. The zero-order valence-electron chi connectivity index (χ0n) is 16.6. The van der Waals surface area contributed by atoms with Crippen molar-refractivity contribution >= 4 is 21.6 Å². The highest BCUT2D eigenvalue weighted by Crippen LogP contribution is 2.24. The molecule has 0 aromatic heterocycles. The van der Waals surface area contributed by atoms with Crippen LogP contribution >= 0.6 is 0 Å². The molecule has 0 radical (unpaired) electrons. The molecule has 2 aromatic carbocycles. The number of carbonyl (C=O) groups is 1. The van der Waals surface area contributed by atoms with Crippen molar-refractivity contribution < 1.29 is 13.2 Å². The van der Waals surface area contributed by atoms with Gasteiger partial charge in [0.15, 0.2) is 0 Å². The fourth-order valence-electron chi connectivity index (χ4n) is 3.06. The van der Waals surface area contributed by atoms with Gasteiger partial charge in [0.1, 0.15) is 6.54 Å². The van der Waals surface area contributed by atoms with E-state index < -0.39 is 10.0 Å². The average molecular weight is 389 g/mol. The van der Waals surface area contributed by atoms with Crippen LogP contribution in [0.3, 0.4) is 0 Å². The minimum absolute atomic E-state index is 0.154. The van der Waals surface area contributed by atoms with Crippen molar-refractivity contribution in [1.29, 1.82) is 0 Å². The van der Waals surface area contributed by atoms with Crippen LogP contribution in [0.15, 0.2) is 42.5 Å². The fraction of sp³-hybridized carbons (Fsp3) is 0.381. The summed E-state index contributed by atoms with van der Waals surface area (Å²) < 4.78 is 25.8. The highest BCUT2D eigenvalue weighted by Gasteiger charge is 2.23. The molecule has 2 aromatic rings. The number of benzene rings is 2. The molecule has 1 amide bonds. The molecule has 0 aliphatic carbocycles. The van der Waals surface area contributed by atoms with Crippen molar-refractivity contribution in [2.75, 3.05) is 17.1 Å². The summed E-state index contributed by atoms with van der Waals surface area (Å²) in [5.74, 6) is -0.326. The first-order valence-corrected chi connectivity index (χ1v) is 10.9. The molecule has 5 nitrogen and oxygen atoms in total. The number of anilines is 1. The summed E-state index contributed by atoms with van der Waals surface area (Å²) in [4.78, 5) is 12.6. The average Bonchev–Trinajstić information content (AvgIpc) is 2.58. The molecule has 0 aliphatic heterocycles. The number of nitrogens with zero attached hydrogens (tertiary/aromatic N) is 1. The Bertz CT molecular complexity index is 906. The quantitative estimate of drug-likeness (QED) is 0.787. The topological polar surface area (TPSA) is 66.5 Å². The van der Waals surface area contributed by atoms with Crippen molar-refractivity contribution in [2.45, 2.75) is 40.2 Å². The van der Waals surface area contributed by atoms with Crippen molar-refractivity contribution in [3.8, 4) is 0 Å². The summed E-state index contributed by atoms with van der Waals surface area (Å²) in [6, 6.07) is 13.3. The zero-order chi connectivity index (χ0) is 20.2. The lowest BCUT2D eigenvalue weighted by Gasteiger charge is -2.25. The van der Waals surface area contributed by atoms with Gasteiger partial charge in [0.25, 0.3) is 0 Å². The largest absolute Gasteiger partial charge is 0.348 e. The lowest BCUT2D eigenvalue weighted by Crippen LogP contribution is -2.41. The second kappa shape index (κ2) is 8.57. The molecule has 0 heterocycles. The Hall–Kier alpha value is -2.34. The predicted octanol–water partition coefficient (Wildman–Crippen LogP) is 3.65. The van der Waals surface area contributed by atoms with E-state index >= 15 is 0 Å². The molecule has 6 heteroatoms. The highest BCUT2D eigenvalue weighted by atomic mass is 32.2. The smallest absolute Gasteiger partial charge is 0.241 e. The van der Waals surface area contributed by atoms with Crippen LogP contribution in [-0.2, 0) is 14.8 Å². The van der Waals surface area contributed by atoms with Gasteiger partial charge in [0.05, 0.1) is 18.0 Å². The Morgan fingerprint density at radius 3 is 2.15 bits per heavy atom. The van der Waals surface area contributed by atoms with Gasteiger partial charge in [-0.05, 0) is 44.4 Å². The Morgan fingerprint density at radius 2 is 1.63 bits per heavy atom. The van der Waals surface area contributed by atoms with Crippen LogP contribution in [0.5, 0.6) is 0 Å². The Labute approximate surface area is 162 Å². The predicted molar refractivity (Wildman–Crippen MR) is 110 cm³/mol. The first-order valence-electron chi connectivity index (χ1n) is 9.02. The zero-order valence-corrected chi connectivity index (χ0v) is 17.4. The van der Waals surface area contributed by atoms with Crippen LogP contribution in [0.25, 0.3) is 0 Å². The van der Waals surface area contributed by atoms with Gasteiger partial charge in [-0.2, -0.15) is 0 Å². The van der Waals surface area contributed by atoms with Crippen molar-refractivity contribution in [1.82, 2.24) is 5.32 Å². The van der Waals surface area contributed by atoms with Gasteiger partial charge in [0, 0.05) is 0 Å². The third-order valence-electron chi connectivity index (χ3n) is 4.53. The summed E-state index contributed by atoms with van der Waals surface area (Å²) >= 11 is 0. The van der Waals surface area contributed by atoms with Crippen molar-refractivity contribution in [3.05, 3.63) is 64.7 Å². The summed E-state index contributed by atoms with van der Waals surface area (Å²) in [7, 11) is -3.59. The minimum atomic E-state index is -3.59.